The highest BCUT2D eigenvalue weighted by molar-refractivity contribution is 5.94. The number of carbonyl (C=O) groups is 1. The van der Waals surface area contributed by atoms with Gasteiger partial charge >= 0.3 is 0 Å². The number of aryl methyl sites for hydroxylation is 2. The van der Waals surface area contributed by atoms with Gasteiger partial charge in [0, 0.05) is 19.8 Å². The standard InChI is InChI=1S/C12H21N3O/c1-4-5-6-7-8-13-12(16)11-9-15(3)14-10(11)2/h9H,4-8H2,1-3H3,(H,13,16). The van der Waals surface area contributed by atoms with Gasteiger partial charge < -0.3 is 5.32 Å². The van der Waals surface area contributed by atoms with Gasteiger partial charge in [-0.15, -0.1) is 0 Å². The normalized spacial score (nSPS) is 10.4. The van der Waals surface area contributed by atoms with Gasteiger partial charge in [0.1, 0.15) is 0 Å². The average molecular weight is 223 g/mol. The second-order valence-corrected chi connectivity index (χ2v) is 4.12. The van der Waals surface area contributed by atoms with Crippen LogP contribution in [0.25, 0.3) is 0 Å². The van der Waals surface area contributed by atoms with E-state index >= 15 is 0 Å². The van der Waals surface area contributed by atoms with Gasteiger partial charge in [-0.2, -0.15) is 5.10 Å². The first-order valence-corrected chi connectivity index (χ1v) is 5.93. The third-order valence-electron chi connectivity index (χ3n) is 2.57. The molecule has 0 spiro atoms. The Morgan fingerprint density at radius 2 is 2.19 bits per heavy atom. The molecule has 0 saturated heterocycles. The minimum Gasteiger partial charge on any atom is -0.352 e. The molecule has 0 aliphatic rings. The smallest absolute Gasteiger partial charge is 0.254 e. The molecule has 0 fully saturated rings. The summed E-state index contributed by atoms with van der Waals surface area (Å²) in [5.41, 5.74) is 1.46. The van der Waals surface area contributed by atoms with E-state index in [1.807, 2.05) is 14.0 Å². The van der Waals surface area contributed by atoms with Crippen molar-refractivity contribution in [3.8, 4) is 0 Å². The summed E-state index contributed by atoms with van der Waals surface area (Å²) in [7, 11) is 1.82. The zero-order valence-corrected chi connectivity index (χ0v) is 10.4. The third-order valence-corrected chi connectivity index (χ3v) is 2.57. The van der Waals surface area contributed by atoms with E-state index in [-0.39, 0.29) is 5.91 Å². The third kappa shape index (κ3) is 3.68. The van der Waals surface area contributed by atoms with Gasteiger partial charge in [0.15, 0.2) is 0 Å². The number of carbonyl (C=O) groups excluding carboxylic acids is 1. The molecule has 0 radical (unpaired) electrons. The molecule has 4 heteroatoms. The summed E-state index contributed by atoms with van der Waals surface area (Å²) < 4.78 is 1.67. The molecule has 1 aromatic rings. The van der Waals surface area contributed by atoms with E-state index in [2.05, 4.69) is 17.3 Å². The fourth-order valence-corrected chi connectivity index (χ4v) is 1.67. The molecule has 0 bridgehead atoms. The molecule has 1 N–H and O–H groups in total. The first kappa shape index (κ1) is 12.7. The van der Waals surface area contributed by atoms with E-state index in [1.165, 1.54) is 19.3 Å². The summed E-state index contributed by atoms with van der Waals surface area (Å²) >= 11 is 0. The maximum atomic E-state index is 11.7. The zero-order chi connectivity index (χ0) is 12.0. The van der Waals surface area contributed by atoms with Crippen molar-refractivity contribution < 1.29 is 4.79 Å². The van der Waals surface area contributed by atoms with E-state index in [0.29, 0.717) is 5.56 Å². The Hall–Kier alpha value is -1.32. The van der Waals surface area contributed by atoms with Crippen LogP contribution in [0.15, 0.2) is 6.20 Å². The van der Waals surface area contributed by atoms with E-state index in [9.17, 15) is 4.79 Å². The number of unbranched alkanes of at least 4 members (excludes halogenated alkanes) is 3. The van der Waals surface area contributed by atoms with Crippen molar-refractivity contribution in [1.82, 2.24) is 15.1 Å². The van der Waals surface area contributed by atoms with Crippen LogP contribution in [-0.4, -0.2) is 22.2 Å². The van der Waals surface area contributed by atoms with Gasteiger partial charge in [-0.25, -0.2) is 0 Å². The Morgan fingerprint density at radius 1 is 1.44 bits per heavy atom. The lowest BCUT2D eigenvalue weighted by atomic mass is 10.2. The molecule has 90 valence electrons. The van der Waals surface area contributed by atoms with Crippen LogP contribution in [0.2, 0.25) is 0 Å². The second kappa shape index (κ2) is 6.30. The van der Waals surface area contributed by atoms with Crippen LogP contribution in [0.4, 0.5) is 0 Å². The van der Waals surface area contributed by atoms with Gasteiger partial charge in [-0.3, -0.25) is 9.48 Å². The summed E-state index contributed by atoms with van der Waals surface area (Å²) in [5, 5.41) is 7.07. The average Bonchev–Trinajstić information content (AvgIpc) is 2.57. The van der Waals surface area contributed by atoms with E-state index in [1.54, 1.807) is 10.9 Å². The molecule has 0 aliphatic carbocycles. The van der Waals surface area contributed by atoms with Crippen molar-refractivity contribution in [1.29, 1.82) is 0 Å². The maximum absolute atomic E-state index is 11.7. The van der Waals surface area contributed by atoms with Crippen molar-refractivity contribution in [2.24, 2.45) is 7.05 Å². The van der Waals surface area contributed by atoms with Crippen molar-refractivity contribution in [2.75, 3.05) is 6.54 Å². The van der Waals surface area contributed by atoms with Gasteiger partial charge in [-0.05, 0) is 13.3 Å². The summed E-state index contributed by atoms with van der Waals surface area (Å²) in [6, 6.07) is 0. The first-order valence-electron chi connectivity index (χ1n) is 5.93. The molecule has 1 rings (SSSR count). The number of hydrogen-bond donors (Lipinski definition) is 1. The number of rotatable bonds is 6. The number of nitrogens with zero attached hydrogens (tertiary/aromatic N) is 2. The molecule has 0 saturated carbocycles. The summed E-state index contributed by atoms with van der Waals surface area (Å²) in [4.78, 5) is 11.7. The molecule has 0 aromatic carbocycles. The fourth-order valence-electron chi connectivity index (χ4n) is 1.67. The van der Waals surface area contributed by atoms with Crippen LogP contribution in [0.1, 0.15) is 48.7 Å². The van der Waals surface area contributed by atoms with Crippen LogP contribution in [0, 0.1) is 6.92 Å². The molecule has 0 atom stereocenters. The summed E-state index contributed by atoms with van der Waals surface area (Å²) in [6.45, 7) is 4.79. The lowest BCUT2D eigenvalue weighted by Crippen LogP contribution is -2.24. The van der Waals surface area contributed by atoms with E-state index in [0.717, 1.165) is 18.7 Å². The predicted octanol–water partition coefficient (Wildman–Crippen LogP) is 2.04. The Bertz CT molecular complexity index is 344. The molecule has 1 aromatic heterocycles. The largest absolute Gasteiger partial charge is 0.352 e. The minimum absolute atomic E-state index is 0.0119. The highest BCUT2D eigenvalue weighted by Gasteiger charge is 2.11. The number of nitrogens with one attached hydrogen (secondary N) is 1. The van der Waals surface area contributed by atoms with Gasteiger partial charge in [0.05, 0.1) is 11.3 Å². The van der Waals surface area contributed by atoms with Crippen molar-refractivity contribution in [2.45, 2.75) is 39.5 Å². The van der Waals surface area contributed by atoms with Gasteiger partial charge in [0.2, 0.25) is 0 Å². The molecule has 16 heavy (non-hydrogen) atoms. The van der Waals surface area contributed by atoms with Gasteiger partial charge in [0.25, 0.3) is 5.91 Å². The van der Waals surface area contributed by atoms with Crippen LogP contribution in [-0.2, 0) is 7.05 Å². The maximum Gasteiger partial charge on any atom is 0.254 e. The molecular weight excluding hydrogens is 202 g/mol. The first-order chi connectivity index (χ1) is 7.65. The summed E-state index contributed by atoms with van der Waals surface area (Å²) in [6.07, 6.45) is 6.45. The molecule has 1 heterocycles. The van der Waals surface area contributed by atoms with Crippen LogP contribution in [0.5, 0.6) is 0 Å². The Morgan fingerprint density at radius 3 is 2.75 bits per heavy atom. The van der Waals surface area contributed by atoms with Crippen molar-refractivity contribution >= 4 is 5.91 Å². The zero-order valence-electron chi connectivity index (χ0n) is 10.4. The highest BCUT2D eigenvalue weighted by atomic mass is 16.1. The fraction of sp³-hybridized carbons (Fsp3) is 0.667. The quantitative estimate of drug-likeness (QED) is 0.750. The molecule has 1 amide bonds. The van der Waals surface area contributed by atoms with Crippen molar-refractivity contribution in [3.05, 3.63) is 17.5 Å². The van der Waals surface area contributed by atoms with Gasteiger partial charge in [-0.1, -0.05) is 26.2 Å². The van der Waals surface area contributed by atoms with Crippen molar-refractivity contribution in [3.63, 3.8) is 0 Å². The van der Waals surface area contributed by atoms with E-state index in [4.69, 9.17) is 0 Å². The molecule has 0 unspecified atom stereocenters. The number of hydrogen-bond acceptors (Lipinski definition) is 2. The number of amides is 1. The molecule has 4 nitrogen and oxygen atoms in total. The van der Waals surface area contributed by atoms with E-state index < -0.39 is 0 Å². The van der Waals surface area contributed by atoms with Crippen LogP contribution in [0.3, 0.4) is 0 Å². The molecular formula is C12H21N3O. The topological polar surface area (TPSA) is 46.9 Å². The van der Waals surface area contributed by atoms with Crippen LogP contribution >= 0.6 is 0 Å². The number of aromatic nitrogens is 2. The minimum atomic E-state index is -0.0119. The Kier molecular flexibility index (Phi) is 5.02. The lowest BCUT2D eigenvalue weighted by Gasteiger charge is -2.03. The second-order valence-electron chi connectivity index (χ2n) is 4.12. The monoisotopic (exact) mass is 223 g/mol. The highest BCUT2D eigenvalue weighted by Crippen LogP contribution is 2.04. The van der Waals surface area contributed by atoms with Crippen LogP contribution < -0.4 is 5.32 Å². The Balaban J connectivity index is 2.33. The summed E-state index contributed by atoms with van der Waals surface area (Å²) in [5.74, 6) is -0.0119. The molecule has 0 aliphatic heterocycles. The Labute approximate surface area is 97.0 Å². The predicted molar refractivity (Wildman–Crippen MR) is 64.4 cm³/mol. The SMILES string of the molecule is CCCCCCNC(=O)c1cn(C)nc1C. The lowest BCUT2D eigenvalue weighted by molar-refractivity contribution is 0.0952.